The number of hydrogen-bond acceptors (Lipinski definition) is 4. The first-order valence-electron chi connectivity index (χ1n) is 7.95. The fourth-order valence-corrected chi connectivity index (χ4v) is 2.57. The second-order valence-corrected chi connectivity index (χ2v) is 6.14. The molecule has 0 radical (unpaired) electrons. The smallest absolute Gasteiger partial charge is 0.261 e. The van der Waals surface area contributed by atoms with Crippen molar-refractivity contribution in [2.75, 3.05) is 6.54 Å². The zero-order chi connectivity index (χ0) is 16.8. The Kier molecular flexibility index (Phi) is 5.87. The van der Waals surface area contributed by atoms with Gasteiger partial charge >= 0.3 is 0 Å². The second-order valence-electron chi connectivity index (χ2n) is 6.14. The Balaban J connectivity index is 1.99. The van der Waals surface area contributed by atoms with Crippen molar-refractivity contribution in [1.29, 1.82) is 0 Å². The van der Waals surface area contributed by atoms with Gasteiger partial charge in [0.25, 0.3) is 5.56 Å². The number of para-hydroxylation sites is 1. The number of hydrogen-bond donors (Lipinski definition) is 2. The lowest BCUT2D eigenvalue weighted by molar-refractivity contribution is -0.122. The number of carbonyl (C=O) groups excluding carboxylic acids is 1. The van der Waals surface area contributed by atoms with Crippen LogP contribution in [-0.4, -0.2) is 28.0 Å². The molecule has 1 aromatic carbocycles. The maximum absolute atomic E-state index is 12.3. The molecule has 0 fully saturated rings. The number of rotatable bonds is 7. The van der Waals surface area contributed by atoms with Gasteiger partial charge in [-0.3, -0.25) is 14.2 Å². The van der Waals surface area contributed by atoms with E-state index in [0.717, 1.165) is 6.42 Å². The molecule has 1 atom stereocenters. The van der Waals surface area contributed by atoms with Crippen LogP contribution in [0.3, 0.4) is 0 Å². The average molecular weight is 316 g/mol. The average Bonchev–Trinajstić information content (AvgIpc) is 2.53. The predicted molar refractivity (Wildman–Crippen MR) is 91.1 cm³/mol. The standard InChI is InChI=1S/C17H24N4O2/c1-12(2)9-13(10-18)20-16(22)7-8-21-11-19-15-6-4-3-5-14(15)17(21)23/h3-6,11-13H,7-10,18H2,1-2H3,(H,20,22). The van der Waals surface area contributed by atoms with Crippen LogP contribution in [0.15, 0.2) is 35.4 Å². The zero-order valence-corrected chi connectivity index (χ0v) is 13.7. The van der Waals surface area contributed by atoms with Gasteiger partial charge in [0.1, 0.15) is 0 Å². The molecule has 0 saturated carbocycles. The molecule has 1 amide bonds. The van der Waals surface area contributed by atoms with E-state index in [1.54, 1.807) is 18.2 Å². The highest BCUT2D eigenvalue weighted by Crippen LogP contribution is 2.06. The summed E-state index contributed by atoms with van der Waals surface area (Å²) in [7, 11) is 0. The van der Waals surface area contributed by atoms with Gasteiger partial charge in [-0.05, 0) is 24.5 Å². The third kappa shape index (κ3) is 4.63. The third-order valence-electron chi connectivity index (χ3n) is 3.72. The summed E-state index contributed by atoms with van der Waals surface area (Å²) in [5.41, 5.74) is 6.22. The molecular formula is C17H24N4O2. The first-order chi connectivity index (χ1) is 11.0. The van der Waals surface area contributed by atoms with Crippen molar-refractivity contribution in [3.63, 3.8) is 0 Å². The van der Waals surface area contributed by atoms with E-state index in [0.29, 0.717) is 29.9 Å². The maximum atomic E-state index is 12.3. The number of aromatic nitrogens is 2. The molecule has 124 valence electrons. The summed E-state index contributed by atoms with van der Waals surface area (Å²) < 4.78 is 1.47. The highest BCUT2D eigenvalue weighted by atomic mass is 16.2. The second kappa shape index (κ2) is 7.87. The van der Waals surface area contributed by atoms with Crippen molar-refractivity contribution in [2.45, 2.75) is 39.3 Å². The third-order valence-corrected chi connectivity index (χ3v) is 3.72. The van der Waals surface area contributed by atoms with Crippen LogP contribution < -0.4 is 16.6 Å². The van der Waals surface area contributed by atoms with Gasteiger partial charge in [0.05, 0.1) is 17.2 Å². The number of nitrogens with two attached hydrogens (primary N) is 1. The summed E-state index contributed by atoms with van der Waals surface area (Å²) in [6, 6.07) is 7.17. The molecule has 23 heavy (non-hydrogen) atoms. The van der Waals surface area contributed by atoms with Gasteiger partial charge in [-0.15, -0.1) is 0 Å². The Labute approximate surface area is 135 Å². The lowest BCUT2D eigenvalue weighted by Crippen LogP contribution is -2.41. The van der Waals surface area contributed by atoms with Crippen molar-refractivity contribution in [3.05, 3.63) is 40.9 Å². The fourth-order valence-electron chi connectivity index (χ4n) is 2.57. The van der Waals surface area contributed by atoms with Crippen LogP contribution in [0, 0.1) is 5.92 Å². The SMILES string of the molecule is CC(C)CC(CN)NC(=O)CCn1cnc2ccccc2c1=O. The van der Waals surface area contributed by atoms with E-state index in [2.05, 4.69) is 24.1 Å². The monoisotopic (exact) mass is 316 g/mol. The van der Waals surface area contributed by atoms with Gasteiger partial charge in [-0.2, -0.15) is 0 Å². The topological polar surface area (TPSA) is 90.0 Å². The van der Waals surface area contributed by atoms with Crippen molar-refractivity contribution in [3.8, 4) is 0 Å². The summed E-state index contributed by atoms with van der Waals surface area (Å²) >= 11 is 0. The number of carbonyl (C=O) groups is 1. The molecule has 3 N–H and O–H groups in total. The number of benzene rings is 1. The van der Waals surface area contributed by atoms with E-state index in [1.165, 1.54) is 10.9 Å². The van der Waals surface area contributed by atoms with Crippen molar-refractivity contribution in [1.82, 2.24) is 14.9 Å². The maximum Gasteiger partial charge on any atom is 0.261 e. The van der Waals surface area contributed by atoms with Crippen molar-refractivity contribution >= 4 is 16.8 Å². The van der Waals surface area contributed by atoms with Gasteiger partial charge in [-0.25, -0.2) is 4.98 Å². The Hall–Kier alpha value is -2.21. The largest absolute Gasteiger partial charge is 0.352 e. The van der Waals surface area contributed by atoms with Gasteiger partial charge < -0.3 is 11.1 Å². The van der Waals surface area contributed by atoms with Crippen LogP contribution in [0.1, 0.15) is 26.7 Å². The highest BCUT2D eigenvalue weighted by Gasteiger charge is 2.13. The molecular weight excluding hydrogens is 292 g/mol. The van der Waals surface area contributed by atoms with E-state index < -0.39 is 0 Å². The molecule has 6 nitrogen and oxygen atoms in total. The summed E-state index contributed by atoms with van der Waals surface area (Å²) in [6.07, 6.45) is 2.57. The van der Waals surface area contributed by atoms with Crippen LogP contribution in [0.25, 0.3) is 10.9 Å². The van der Waals surface area contributed by atoms with Crippen molar-refractivity contribution in [2.24, 2.45) is 11.7 Å². The predicted octanol–water partition coefficient (Wildman–Crippen LogP) is 1.28. The van der Waals surface area contributed by atoms with E-state index in [-0.39, 0.29) is 23.9 Å². The Morgan fingerprint density at radius 3 is 2.78 bits per heavy atom. The number of aryl methyl sites for hydroxylation is 1. The molecule has 0 bridgehead atoms. The lowest BCUT2D eigenvalue weighted by atomic mass is 10.0. The minimum atomic E-state index is -0.124. The molecule has 6 heteroatoms. The highest BCUT2D eigenvalue weighted by molar-refractivity contribution is 5.77. The number of nitrogens with one attached hydrogen (secondary N) is 1. The molecule has 1 aromatic heterocycles. The Morgan fingerprint density at radius 1 is 1.35 bits per heavy atom. The molecule has 0 aliphatic heterocycles. The van der Waals surface area contributed by atoms with Crippen molar-refractivity contribution < 1.29 is 4.79 Å². The molecule has 0 aliphatic carbocycles. The van der Waals surface area contributed by atoms with E-state index in [9.17, 15) is 9.59 Å². The summed E-state index contributed by atoms with van der Waals surface area (Å²) in [5, 5.41) is 3.49. The number of amides is 1. The molecule has 0 spiro atoms. The first-order valence-corrected chi connectivity index (χ1v) is 7.95. The molecule has 0 aliphatic rings. The van der Waals surface area contributed by atoms with Crippen LogP contribution >= 0.6 is 0 Å². The van der Waals surface area contributed by atoms with Gasteiger partial charge in [0, 0.05) is 25.6 Å². The fraction of sp³-hybridized carbons (Fsp3) is 0.471. The minimum Gasteiger partial charge on any atom is -0.352 e. The Morgan fingerprint density at radius 2 is 2.09 bits per heavy atom. The molecule has 1 heterocycles. The van der Waals surface area contributed by atoms with E-state index >= 15 is 0 Å². The molecule has 1 unspecified atom stereocenters. The minimum absolute atomic E-state index is 0.0195. The summed E-state index contributed by atoms with van der Waals surface area (Å²) in [4.78, 5) is 28.6. The van der Waals surface area contributed by atoms with E-state index in [1.807, 2.05) is 6.07 Å². The Bertz CT molecular complexity index is 724. The molecule has 0 saturated heterocycles. The summed E-state index contributed by atoms with van der Waals surface area (Å²) in [6.45, 7) is 4.91. The molecule has 2 rings (SSSR count). The lowest BCUT2D eigenvalue weighted by Gasteiger charge is -2.18. The molecule has 2 aromatic rings. The van der Waals surface area contributed by atoms with Gasteiger partial charge in [-0.1, -0.05) is 26.0 Å². The quantitative estimate of drug-likeness (QED) is 0.805. The number of fused-ring (bicyclic) bond motifs is 1. The first kappa shape index (κ1) is 17.1. The van der Waals surface area contributed by atoms with E-state index in [4.69, 9.17) is 5.73 Å². The van der Waals surface area contributed by atoms with Crippen LogP contribution in [0.4, 0.5) is 0 Å². The summed E-state index contributed by atoms with van der Waals surface area (Å²) in [5.74, 6) is 0.373. The normalized spacial score (nSPS) is 12.5. The van der Waals surface area contributed by atoms with Gasteiger partial charge in [0.15, 0.2) is 0 Å². The van der Waals surface area contributed by atoms with Crippen LogP contribution in [0.5, 0.6) is 0 Å². The van der Waals surface area contributed by atoms with Gasteiger partial charge in [0.2, 0.25) is 5.91 Å². The zero-order valence-electron chi connectivity index (χ0n) is 13.7. The van der Waals surface area contributed by atoms with Crippen LogP contribution in [-0.2, 0) is 11.3 Å². The number of nitrogens with zero attached hydrogens (tertiary/aromatic N) is 2. The van der Waals surface area contributed by atoms with Crippen LogP contribution in [0.2, 0.25) is 0 Å².